The Morgan fingerprint density at radius 1 is 0.783 bits per heavy atom. The van der Waals surface area contributed by atoms with Crippen LogP contribution >= 0.6 is 0 Å². The van der Waals surface area contributed by atoms with Crippen LogP contribution in [-0.4, -0.2) is 5.11 Å². The van der Waals surface area contributed by atoms with Crippen molar-refractivity contribution in [1.82, 2.24) is 0 Å². The minimum Gasteiger partial charge on any atom is -0.507 e. The lowest BCUT2D eigenvalue weighted by Crippen LogP contribution is -2.21. The van der Waals surface area contributed by atoms with E-state index >= 15 is 0 Å². The van der Waals surface area contributed by atoms with Crippen molar-refractivity contribution < 1.29 is 5.11 Å². The summed E-state index contributed by atoms with van der Waals surface area (Å²) < 4.78 is 0. The van der Waals surface area contributed by atoms with Gasteiger partial charge in [-0.3, -0.25) is 0 Å². The highest BCUT2D eigenvalue weighted by molar-refractivity contribution is 5.45. The Hall–Kier alpha value is -0.980. The Morgan fingerprint density at radius 3 is 1.39 bits per heavy atom. The monoisotopic (exact) mass is 318 g/mol. The zero-order chi connectivity index (χ0) is 17.8. The van der Waals surface area contributed by atoms with Crippen molar-refractivity contribution in [2.45, 2.75) is 92.9 Å². The first kappa shape index (κ1) is 20.1. The van der Waals surface area contributed by atoms with Gasteiger partial charge < -0.3 is 5.11 Å². The minimum atomic E-state index is 0.161. The minimum absolute atomic E-state index is 0.161. The molecule has 0 saturated carbocycles. The molecular weight excluding hydrogens is 280 g/mol. The Kier molecular flexibility index (Phi) is 6.74. The third kappa shape index (κ3) is 4.99. The summed E-state index contributed by atoms with van der Waals surface area (Å²) >= 11 is 0. The van der Waals surface area contributed by atoms with Crippen LogP contribution in [0.4, 0.5) is 0 Å². The highest BCUT2D eigenvalue weighted by atomic mass is 16.3. The predicted molar refractivity (Wildman–Crippen MR) is 102 cm³/mol. The van der Waals surface area contributed by atoms with E-state index in [9.17, 15) is 5.11 Å². The number of aromatic hydroxyl groups is 1. The lowest BCUT2D eigenvalue weighted by molar-refractivity contribution is 0.282. The number of phenols is 1. The van der Waals surface area contributed by atoms with E-state index in [1.54, 1.807) is 0 Å². The van der Waals surface area contributed by atoms with Gasteiger partial charge in [-0.15, -0.1) is 0 Å². The summed E-state index contributed by atoms with van der Waals surface area (Å²) in [6, 6.07) is 6.42. The van der Waals surface area contributed by atoms with Gasteiger partial charge in [-0.25, -0.2) is 0 Å². The van der Waals surface area contributed by atoms with Crippen LogP contribution in [0.15, 0.2) is 18.2 Å². The maximum Gasteiger partial charge on any atom is 0.122 e. The maximum absolute atomic E-state index is 11.1. The fourth-order valence-corrected chi connectivity index (χ4v) is 3.83. The Bertz CT molecular complexity index is 445. The van der Waals surface area contributed by atoms with Crippen LogP contribution in [0.25, 0.3) is 0 Å². The van der Waals surface area contributed by atoms with Crippen LogP contribution in [0.3, 0.4) is 0 Å². The van der Waals surface area contributed by atoms with E-state index in [4.69, 9.17) is 0 Å². The molecule has 0 aliphatic heterocycles. The van der Waals surface area contributed by atoms with Crippen molar-refractivity contribution >= 4 is 0 Å². The van der Waals surface area contributed by atoms with Gasteiger partial charge in [0, 0.05) is 0 Å². The normalized spacial score (nSPS) is 15.5. The van der Waals surface area contributed by atoms with Crippen LogP contribution in [0.2, 0.25) is 0 Å². The van der Waals surface area contributed by atoms with Gasteiger partial charge in [0.1, 0.15) is 5.75 Å². The van der Waals surface area contributed by atoms with E-state index in [1.165, 1.54) is 0 Å². The molecular formula is C22H38O. The molecule has 0 radical (unpaired) electrons. The molecule has 1 nitrogen and oxygen atoms in total. The smallest absolute Gasteiger partial charge is 0.122 e. The molecule has 1 rings (SSSR count). The molecule has 0 amide bonds. The van der Waals surface area contributed by atoms with Gasteiger partial charge in [-0.2, -0.15) is 0 Å². The van der Waals surface area contributed by atoms with Gasteiger partial charge in [0.2, 0.25) is 0 Å². The lowest BCUT2D eigenvalue weighted by atomic mass is 9.70. The second-order valence-corrected chi connectivity index (χ2v) is 9.20. The molecule has 132 valence electrons. The fraction of sp³-hybridized carbons (Fsp3) is 0.727. The lowest BCUT2D eigenvalue weighted by Gasteiger charge is -2.35. The van der Waals surface area contributed by atoms with E-state index < -0.39 is 0 Å². The highest BCUT2D eigenvalue weighted by Gasteiger charge is 2.32. The molecule has 2 unspecified atom stereocenters. The second kappa shape index (κ2) is 7.73. The predicted octanol–water partition coefficient (Wildman–Crippen LogP) is 7.25. The molecule has 0 spiro atoms. The van der Waals surface area contributed by atoms with Gasteiger partial charge >= 0.3 is 0 Å². The molecule has 0 aromatic heterocycles. The summed E-state index contributed by atoms with van der Waals surface area (Å²) in [5.74, 6) is 1.35. The van der Waals surface area contributed by atoms with Crippen molar-refractivity contribution in [3.63, 3.8) is 0 Å². The Morgan fingerprint density at radius 2 is 1.13 bits per heavy atom. The summed E-state index contributed by atoms with van der Waals surface area (Å²) in [4.78, 5) is 0. The van der Waals surface area contributed by atoms with E-state index in [-0.39, 0.29) is 10.8 Å². The molecule has 1 aromatic carbocycles. The van der Waals surface area contributed by atoms with Gasteiger partial charge in [-0.1, -0.05) is 86.4 Å². The molecule has 0 bridgehead atoms. The molecule has 0 aliphatic rings. The van der Waals surface area contributed by atoms with Crippen molar-refractivity contribution in [3.05, 3.63) is 29.3 Å². The largest absolute Gasteiger partial charge is 0.507 e. The van der Waals surface area contributed by atoms with E-state index in [2.05, 4.69) is 73.6 Å². The van der Waals surface area contributed by atoms with Crippen LogP contribution in [0.5, 0.6) is 5.75 Å². The summed E-state index contributed by atoms with van der Waals surface area (Å²) in [5, 5.41) is 11.1. The van der Waals surface area contributed by atoms with E-state index in [1.807, 2.05) is 0 Å². The van der Waals surface area contributed by atoms with Gasteiger partial charge in [0.25, 0.3) is 0 Å². The number of para-hydroxylation sites is 1. The topological polar surface area (TPSA) is 20.2 Å². The first-order chi connectivity index (χ1) is 10.5. The molecule has 1 N–H and O–H groups in total. The highest BCUT2D eigenvalue weighted by Crippen LogP contribution is 2.48. The van der Waals surface area contributed by atoms with E-state index in [0.717, 1.165) is 36.8 Å². The summed E-state index contributed by atoms with van der Waals surface area (Å²) in [5.41, 5.74) is 2.60. The molecule has 1 aromatic rings. The first-order valence-electron chi connectivity index (χ1n) is 9.35. The quantitative estimate of drug-likeness (QED) is 0.585. The van der Waals surface area contributed by atoms with Crippen LogP contribution in [0.1, 0.15) is 104 Å². The number of phenolic OH excluding ortho intramolecular Hbond substituents is 1. The second-order valence-electron chi connectivity index (χ2n) is 9.20. The van der Waals surface area contributed by atoms with Crippen LogP contribution in [0, 0.1) is 10.8 Å². The molecule has 0 heterocycles. The standard InChI is InChI=1S/C22H38O/c1-9-12-18(21(3,4)5)16-14-11-15-17(20(16)23)19(13-10-2)22(6,7)8/h11,14-15,18-19,23H,9-10,12-13H2,1-8H3. The Labute approximate surface area is 144 Å². The van der Waals surface area contributed by atoms with Crippen molar-refractivity contribution in [1.29, 1.82) is 0 Å². The van der Waals surface area contributed by atoms with Gasteiger partial charge in [-0.05, 0) is 46.6 Å². The third-order valence-corrected chi connectivity index (χ3v) is 5.09. The summed E-state index contributed by atoms with van der Waals surface area (Å²) in [6.07, 6.45) is 4.52. The molecule has 0 saturated heterocycles. The van der Waals surface area contributed by atoms with Crippen LogP contribution in [-0.2, 0) is 0 Å². The third-order valence-electron chi connectivity index (χ3n) is 5.09. The molecule has 2 atom stereocenters. The van der Waals surface area contributed by atoms with E-state index in [0.29, 0.717) is 17.6 Å². The first-order valence-corrected chi connectivity index (χ1v) is 9.35. The van der Waals surface area contributed by atoms with Crippen LogP contribution < -0.4 is 0 Å². The summed E-state index contributed by atoms with van der Waals surface area (Å²) in [6.45, 7) is 18.2. The zero-order valence-electron chi connectivity index (χ0n) is 16.7. The SMILES string of the molecule is CCCC(c1cccc(C(CCC)C(C)(C)C)c1O)C(C)(C)C. The van der Waals surface area contributed by atoms with Crippen molar-refractivity contribution in [2.75, 3.05) is 0 Å². The van der Waals surface area contributed by atoms with Gasteiger partial charge in [0.15, 0.2) is 0 Å². The average Bonchev–Trinajstić information content (AvgIpc) is 2.41. The number of rotatable bonds is 6. The zero-order valence-corrected chi connectivity index (χ0v) is 16.7. The summed E-state index contributed by atoms with van der Waals surface area (Å²) in [7, 11) is 0. The molecule has 23 heavy (non-hydrogen) atoms. The maximum atomic E-state index is 11.1. The molecule has 0 aliphatic carbocycles. The van der Waals surface area contributed by atoms with Gasteiger partial charge in [0.05, 0.1) is 0 Å². The number of hydrogen-bond donors (Lipinski definition) is 1. The Balaban J connectivity index is 3.39. The van der Waals surface area contributed by atoms with Crippen molar-refractivity contribution in [2.24, 2.45) is 10.8 Å². The average molecular weight is 319 g/mol. The molecule has 0 fully saturated rings. The number of hydrogen-bond acceptors (Lipinski definition) is 1. The molecule has 1 heteroatoms. The van der Waals surface area contributed by atoms with Crippen molar-refractivity contribution in [3.8, 4) is 5.75 Å². The fourth-order valence-electron chi connectivity index (χ4n) is 3.83. The number of benzene rings is 1.